The smallest absolute Gasteiger partial charge is 0.346 e. The molecule has 12 nitrogen and oxygen atoms in total. The molecule has 1 saturated heterocycles. The van der Waals surface area contributed by atoms with E-state index in [1.54, 1.807) is 12.1 Å². The molecule has 14 heteroatoms. The van der Waals surface area contributed by atoms with Gasteiger partial charge >= 0.3 is 10.1 Å². The quantitative estimate of drug-likeness (QED) is 0.140. The largest absolute Gasteiger partial charge is 0.493 e. The molecule has 4 rings (SSSR count). The fraction of sp³-hybridized carbons (Fsp3) is 0.179. The van der Waals surface area contributed by atoms with Gasteiger partial charge in [0.1, 0.15) is 6.54 Å². The summed E-state index contributed by atoms with van der Waals surface area (Å²) in [7, 11) is -3.35. The maximum atomic E-state index is 12.9. The van der Waals surface area contributed by atoms with Gasteiger partial charge in [0.2, 0.25) is 5.91 Å². The van der Waals surface area contributed by atoms with E-state index in [4.69, 9.17) is 8.92 Å². The number of hydrogen-bond donors (Lipinski definition) is 1. The SMILES string of the molecule is COc1cc(/C=C2\SC(=O)N(CC(=O)Nc3ccc(C(C)C)cc3)C2=O)ccc1OS(=O)(=O)c1ccccc1[N+](=O)[O-]. The van der Waals surface area contributed by atoms with Gasteiger partial charge in [-0.3, -0.25) is 29.4 Å². The number of nitrogens with one attached hydrogen (secondary N) is 1. The summed E-state index contributed by atoms with van der Waals surface area (Å²) >= 11 is 0.646. The lowest BCUT2D eigenvalue weighted by atomic mass is 10.0. The van der Waals surface area contributed by atoms with Crippen LogP contribution in [0.3, 0.4) is 0 Å². The lowest BCUT2D eigenvalue weighted by Crippen LogP contribution is -2.36. The zero-order chi connectivity index (χ0) is 30.6. The number of rotatable bonds is 10. The van der Waals surface area contributed by atoms with Crippen LogP contribution >= 0.6 is 11.8 Å². The molecule has 42 heavy (non-hydrogen) atoms. The van der Waals surface area contributed by atoms with E-state index >= 15 is 0 Å². The highest BCUT2D eigenvalue weighted by molar-refractivity contribution is 8.18. The van der Waals surface area contributed by atoms with E-state index in [9.17, 15) is 32.9 Å². The Balaban J connectivity index is 1.48. The molecule has 0 unspecified atom stereocenters. The van der Waals surface area contributed by atoms with Crippen molar-refractivity contribution in [2.45, 2.75) is 24.7 Å². The van der Waals surface area contributed by atoms with E-state index in [2.05, 4.69) is 5.32 Å². The molecular weight excluding hydrogens is 586 g/mol. The van der Waals surface area contributed by atoms with Gasteiger partial charge < -0.3 is 14.2 Å². The molecule has 3 aromatic carbocycles. The van der Waals surface area contributed by atoms with Gasteiger partial charge in [0.05, 0.1) is 16.9 Å². The molecule has 0 saturated carbocycles. The van der Waals surface area contributed by atoms with Gasteiger partial charge in [0.15, 0.2) is 16.4 Å². The average Bonchev–Trinajstić information content (AvgIpc) is 3.21. The van der Waals surface area contributed by atoms with Crippen molar-refractivity contribution in [1.29, 1.82) is 0 Å². The van der Waals surface area contributed by atoms with Gasteiger partial charge in [-0.2, -0.15) is 8.42 Å². The maximum Gasteiger partial charge on any atom is 0.346 e. The van der Waals surface area contributed by atoms with E-state index in [0.29, 0.717) is 28.9 Å². The van der Waals surface area contributed by atoms with Crippen molar-refractivity contribution in [3.05, 3.63) is 92.9 Å². The molecule has 0 atom stereocenters. The summed E-state index contributed by atoms with van der Waals surface area (Å²) < 4.78 is 36.0. The van der Waals surface area contributed by atoms with Gasteiger partial charge in [0.25, 0.3) is 16.8 Å². The Labute approximate surface area is 245 Å². The second-order valence-corrected chi connectivity index (χ2v) is 11.8. The van der Waals surface area contributed by atoms with Crippen molar-refractivity contribution in [3.63, 3.8) is 0 Å². The van der Waals surface area contributed by atoms with Gasteiger partial charge in [-0.05, 0) is 65.2 Å². The third-order valence-corrected chi connectivity index (χ3v) is 8.24. The number of nitro groups is 1. The van der Waals surface area contributed by atoms with Crippen LogP contribution in [0.25, 0.3) is 6.08 Å². The summed E-state index contributed by atoms with van der Waals surface area (Å²) in [5.74, 6) is -1.19. The Hall–Kier alpha value is -4.69. The molecule has 0 spiro atoms. The summed E-state index contributed by atoms with van der Waals surface area (Å²) in [5, 5.41) is 13.3. The fourth-order valence-corrected chi connectivity index (χ4v) is 5.85. The first-order valence-corrected chi connectivity index (χ1v) is 14.6. The maximum absolute atomic E-state index is 12.9. The number of benzene rings is 3. The number of carbonyl (C=O) groups is 3. The Morgan fingerprint density at radius 1 is 1.07 bits per heavy atom. The Kier molecular flexibility index (Phi) is 8.97. The minimum atomic E-state index is -4.61. The standard InChI is InChI=1S/C28H25N3O9S2/c1-17(2)19-9-11-20(12-10-19)29-26(32)16-30-27(33)24(41-28(30)34)15-18-8-13-22(23(14-18)39-3)40-42(37,38)25-7-5-4-6-21(25)31(35)36/h4-15,17H,16H2,1-3H3,(H,29,32)/b24-15-. The number of methoxy groups -OCH3 is 1. The Bertz CT molecular complexity index is 1700. The number of thioether (sulfide) groups is 1. The summed E-state index contributed by atoms with van der Waals surface area (Å²) in [6, 6.07) is 16.0. The number of carbonyl (C=O) groups excluding carboxylic acids is 3. The Morgan fingerprint density at radius 3 is 2.40 bits per heavy atom. The van der Waals surface area contributed by atoms with E-state index in [-0.39, 0.29) is 16.4 Å². The van der Waals surface area contributed by atoms with Crippen LogP contribution in [0, 0.1) is 10.1 Å². The topological polar surface area (TPSA) is 162 Å². The first kappa shape index (κ1) is 30.3. The van der Waals surface area contributed by atoms with Gasteiger partial charge in [0, 0.05) is 11.8 Å². The number of nitrogens with zero attached hydrogens (tertiary/aromatic N) is 2. The minimum absolute atomic E-state index is 0.0392. The molecule has 1 heterocycles. The summed E-state index contributed by atoms with van der Waals surface area (Å²) in [4.78, 5) is 48.7. The van der Waals surface area contributed by atoms with E-state index in [0.717, 1.165) is 22.6 Å². The number of nitro benzene ring substituents is 1. The number of anilines is 1. The van der Waals surface area contributed by atoms with Crippen LogP contribution in [-0.2, 0) is 19.7 Å². The molecule has 3 amide bonds. The number of amides is 3. The zero-order valence-electron chi connectivity index (χ0n) is 22.6. The van der Waals surface area contributed by atoms with Crippen LogP contribution in [0.1, 0.15) is 30.9 Å². The lowest BCUT2D eigenvalue weighted by molar-refractivity contribution is -0.387. The second-order valence-electron chi connectivity index (χ2n) is 9.27. The number of ether oxygens (including phenoxy) is 1. The van der Waals surface area contributed by atoms with Crippen molar-refractivity contribution >= 4 is 56.4 Å². The molecule has 3 aromatic rings. The van der Waals surface area contributed by atoms with Crippen LogP contribution < -0.4 is 14.2 Å². The minimum Gasteiger partial charge on any atom is -0.493 e. The van der Waals surface area contributed by atoms with Crippen molar-refractivity contribution in [3.8, 4) is 11.5 Å². The monoisotopic (exact) mass is 611 g/mol. The highest BCUT2D eigenvalue weighted by Gasteiger charge is 2.36. The van der Waals surface area contributed by atoms with Crippen LogP contribution in [0.4, 0.5) is 16.2 Å². The molecule has 1 fully saturated rings. The predicted octanol–water partition coefficient (Wildman–Crippen LogP) is 5.17. The van der Waals surface area contributed by atoms with Gasteiger partial charge in [-0.1, -0.05) is 44.2 Å². The summed E-state index contributed by atoms with van der Waals surface area (Å²) in [6.45, 7) is 3.62. The van der Waals surface area contributed by atoms with Gasteiger partial charge in [-0.15, -0.1) is 0 Å². The van der Waals surface area contributed by atoms with Crippen LogP contribution in [-0.4, -0.2) is 48.9 Å². The van der Waals surface area contributed by atoms with E-state index in [1.807, 2.05) is 26.0 Å². The molecule has 0 aliphatic carbocycles. The number of hydrogen-bond acceptors (Lipinski definition) is 10. The van der Waals surface area contributed by atoms with Crippen molar-refractivity contribution < 1.29 is 36.6 Å². The highest BCUT2D eigenvalue weighted by atomic mass is 32.2. The van der Waals surface area contributed by atoms with Gasteiger partial charge in [-0.25, -0.2) is 0 Å². The zero-order valence-corrected chi connectivity index (χ0v) is 24.2. The van der Waals surface area contributed by atoms with Crippen molar-refractivity contribution in [1.82, 2.24) is 4.90 Å². The predicted molar refractivity (Wildman–Crippen MR) is 156 cm³/mol. The molecule has 218 valence electrons. The molecule has 0 bridgehead atoms. The summed E-state index contributed by atoms with van der Waals surface area (Å²) in [5.41, 5.74) is 1.34. The molecule has 0 radical (unpaired) electrons. The number of para-hydroxylation sites is 1. The normalized spacial score (nSPS) is 14.4. The average molecular weight is 612 g/mol. The molecular formula is C28H25N3O9S2. The van der Waals surface area contributed by atoms with Crippen LogP contribution in [0.15, 0.2) is 76.5 Å². The molecule has 1 aliphatic heterocycles. The molecule has 1 N–H and O–H groups in total. The van der Waals surface area contributed by atoms with Crippen LogP contribution in [0.2, 0.25) is 0 Å². The van der Waals surface area contributed by atoms with Crippen molar-refractivity contribution in [2.75, 3.05) is 19.0 Å². The van der Waals surface area contributed by atoms with Crippen molar-refractivity contribution in [2.24, 2.45) is 0 Å². The molecule has 1 aliphatic rings. The number of imide groups is 1. The summed E-state index contributed by atoms with van der Waals surface area (Å²) in [6.07, 6.45) is 1.39. The highest BCUT2D eigenvalue weighted by Crippen LogP contribution is 2.36. The Morgan fingerprint density at radius 2 is 1.76 bits per heavy atom. The van der Waals surface area contributed by atoms with Crippen LogP contribution in [0.5, 0.6) is 11.5 Å². The third-order valence-electron chi connectivity index (χ3n) is 6.05. The van der Waals surface area contributed by atoms with E-state index in [1.165, 1.54) is 43.5 Å². The fourth-order valence-electron chi connectivity index (χ4n) is 3.91. The first-order valence-electron chi connectivity index (χ1n) is 12.4. The third kappa shape index (κ3) is 6.78. The molecule has 0 aromatic heterocycles. The first-order chi connectivity index (χ1) is 19.9. The van der Waals surface area contributed by atoms with E-state index < -0.39 is 49.2 Å². The second kappa shape index (κ2) is 12.4. The lowest BCUT2D eigenvalue weighted by Gasteiger charge is -2.13.